The first-order chi connectivity index (χ1) is 13.7. The highest BCUT2D eigenvalue weighted by Crippen LogP contribution is 2.34. The fourth-order valence-electron chi connectivity index (χ4n) is 2.44. The van der Waals surface area contributed by atoms with Gasteiger partial charge in [-0.1, -0.05) is 36.4 Å². The SMILES string of the molecule is O=C(O)c1ccc(C(=O)O)c(C(=O)O)c1.Oc1ccccc1-c1ccccc1O. The number of benzene rings is 3. The molecule has 29 heavy (non-hydrogen) atoms. The molecule has 0 spiro atoms. The van der Waals surface area contributed by atoms with Crippen molar-refractivity contribution >= 4 is 17.9 Å². The maximum atomic E-state index is 10.6. The summed E-state index contributed by atoms with van der Waals surface area (Å²) < 4.78 is 0. The lowest BCUT2D eigenvalue weighted by molar-refractivity contribution is 0.0649. The fraction of sp³-hybridized carbons (Fsp3) is 0. The lowest BCUT2D eigenvalue weighted by Gasteiger charge is -2.05. The van der Waals surface area contributed by atoms with Crippen LogP contribution in [0.5, 0.6) is 11.5 Å². The third kappa shape index (κ3) is 5.10. The van der Waals surface area contributed by atoms with Crippen LogP contribution in [0.3, 0.4) is 0 Å². The molecule has 3 aromatic carbocycles. The predicted octanol–water partition coefficient (Wildman–Crippen LogP) is 3.55. The molecule has 0 aromatic heterocycles. The molecule has 0 amide bonds. The van der Waals surface area contributed by atoms with E-state index in [2.05, 4.69) is 0 Å². The normalized spacial score (nSPS) is 9.79. The van der Waals surface area contributed by atoms with Gasteiger partial charge in [0.05, 0.1) is 16.7 Å². The predicted molar refractivity (Wildman–Crippen MR) is 103 cm³/mol. The molecule has 0 atom stereocenters. The van der Waals surface area contributed by atoms with Gasteiger partial charge in [0.2, 0.25) is 0 Å². The first-order valence-electron chi connectivity index (χ1n) is 8.12. The molecule has 8 nitrogen and oxygen atoms in total. The van der Waals surface area contributed by atoms with Crippen molar-refractivity contribution in [3.8, 4) is 22.6 Å². The Morgan fingerprint density at radius 1 is 0.552 bits per heavy atom. The average Bonchev–Trinajstić information content (AvgIpc) is 2.69. The molecule has 3 rings (SSSR count). The van der Waals surface area contributed by atoms with E-state index in [1.54, 1.807) is 36.4 Å². The van der Waals surface area contributed by atoms with Crippen LogP contribution >= 0.6 is 0 Å². The van der Waals surface area contributed by atoms with Gasteiger partial charge in [0, 0.05) is 11.1 Å². The van der Waals surface area contributed by atoms with Gasteiger partial charge in [0.25, 0.3) is 0 Å². The first kappa shape index (κ1) is 21.0. The lowest BCUT2D eigenvalue weighted by atomic mass is 10.0. The Morgan fingerprint density at radius 3 is 1.38 bits per heavy atom. The maximum Gasteiger partial charge on any atom is 0.336 e. The highest BCUT2D eigenvalue weighted by molar-refractivity contribution is 6.03. The number of aromatic hydroxyl groups is 2. The molecule has 0 unspecified atom stereocenters. The van der Waals surface area contributed by atoms with Crippen molar-refractivity contribution in [1.82, 2.24) is 0 Å². The van der Waals surface area contributed by atoms with Crippen LogP contribution in [0.25, 0.3) is 11.1 Å². The van der Waals surface area contributed by atoms with Crippen LogP contribution in [-0.2, 0) is 0 Å². The van der Waals surface area contributed by atoms with Crippen molar-refractivity contribution in [3.05, 3.63) is 83.4 Å². The Balaban J connectivity index is 0.000000207. The zero-order chi connectivity index (χ0) is 21.6. The minimum Gasteiger partial charge on any atom is -0.507 e. The Morgan fingerprint density at radius 2 is 1.00 bits per heavy atom. The molecular formula is C21H16O8. The topological polar surface area (TPSA) is 152 Å². The summed E-state index contributed by atoms with van der Waals surface area (Å²) in [5.74, 6) is -3.85. The Bertz CT molecular complexity index is 1030. The molecule has 0 aliphatic rings. The summed E-state index contributed by atoms with van der Waals surface area (Å²) in [5.41, 5.74) is 0.0449. The van der Waals surface area contributed by atoms with Gasteiger partial charge in [0.1, 0.15) is 11.5 Å². The molecule has 0 heterocycles. The summed E-state index contributed by atoms with van der Waals surface area (Å²) in [4.78, 5) is 31.8. The average molecular weight is 396 g/mol. The van der Waals surface area contributed by atoms with E-state index < -0.39 is 29.0 Å². The van der Waals surface area contributed by atoms with Crippen molar-refractivity contribution in [2.75, 3.05) is 0 Å². The minimum absolute atomic E-state index is 0.175. The van der Waals surface area contributed by atoms with E-state index in [4.69, 9.17) is 15.3 Å². The second-order valence-electron chi connectivity index (χ2n) is 5.71. The van der Waals surface area contributed by atoms with Crippen LogP contribution in [-0.4, -0.2) is 43.4 Å². The van der Waals surface area contributed by atoms with Gasteiger partial charge in [-0.2, -0.15) is 0 Å². The minimum atomic E-state index is -1.48. The summed E-state index contributed by atoms with van der Waals surface area (Å²) in [5, 5.41) is 45.0. The number of para-hydroxylation sites is 2. The van der Waals surface area contributed by atoms with Crippen molar-refractivity contribution < 1.29 is 39.9 Å². The highest BCUT2D eigenvalue weighted by Gasteiger charge is 2.18. The van der Waals surface area contributed by atoms with Crippen LogP contribution in [0.1, 0.15) is 31.1 Å². The van der Waals surface area contributed by atoms with Crippen molar-refractivity contribution in [2.24, 2.45) is 0 Å². The molecule has 3 aromatic rings. The van der Waals surface area contributed by atoms with E-state index in [1.165, 1.54) is 0 Å². The Labute approximate surface area is 164 Å². The van der Waals surface area contributed by atoms with E-state index in [9.17, 15) is 24.6 Å². The fourth-order valence-corrected chi connectivity index (χ4v) is 2.44. The number of carboxylic acids is 3. The smallest absolute Gasteiger partial charge is 0.336 e. The molecule has 0 bridgehead atoms. The van der Waals surface area contributed by atoms with E-state index in [0.29, 0.717) is 11.1 Å². The van der Waals surface area contributed by atoms with E-state index in [0.717, 1.165) is 18.2 Å². The highest BCUT2D eigenvalue weighted by atomic mass is 16.4. The van der Waals surface area contributed by atoms with Gasteiger partial charge in [0.15, 0.2) is 0 Å². The molecule has 0 saturated heterocycles. The second-order valence-corrected chi connectivity index (χ2v) is 5.71. The monoisotopic (exact) mass is 396 g/mol. The van der Waals surface area contributed by atoms with E-state index in [1.807, 2.05) is 12.1 Å². The molecule has 0 radical (unpaired) electrons. The van der Waals surface area contributed by atoms with Gasteiger partial charge >= 0.3 is 17.9 Å². The molecule has 5 N–H and O–H groups in total. The summed E-state index contributed by atoms with van der Waals surface area (Å²) in [6.07, 6.45) is 0. The lowest BCUT2D eigenvalue weighted by Crippen LogP contribution is -2.10. The van der Waals surface area contributed by atoms with Crippen molar-refractivity contribution in [3.63, 3.8) is 0 Å². The zero-order valence-electron chi connectivity index (χ0n) is 14.8. The molecule has 0 aliphatic heterocycles. The number of phenolic OH excluding ortho intramolecular Hbond substituents is 2. The van der Waals surface area contributed by atoms with Crippen molar-refractivity contribution in [2.45, 2.75) is 0 Å². The summed E-state index contributed by atoms with van der Waals surface area (Å²) >= 11 is 0. The second kappa shape index (κ2) is 9.05. The number of carbonyl (C=O) groups is 3. The largest absolute Gasteiger partial charge is 0.507 e. The molecular weight excluding hydrogens is 380 g/mol. The van der Waals surface area contributed by atoms with Crippen LogP contribution in [0.4, 0.5) is 0 Å². The summed E-state index contributed by atoms with van der Waals surface area (Å²) in [6.45, 7) is 0. The number of hydrogen-bond acceptors (Lipinski definition) is 5. The summed E-state index contributed by atoms with van der Waals surface area (Å²) in [6, 6.07) is 16.7. The zero-order valence-corrected chi connectivity index (χ0v) is 14.8. The number of carboxylic acid groups (broad SMARTS) is 3. The first-order valence-corrected chi connectivity index (χ1v) is 8.12. The van der Waals surface area contributed by atoms with Crippen LogP contribution in [0.2, 0.25) is 0 Å². The van der Waals surface area contributed by atoms with Gasteiger partial charge < -0.3 is 25.5 Å². The van der Waals surface area contributed by atoms with Gasteiger partial charge in [-0.05, 0) is 30.3 Å². The summed E-state index contributed by atoms with van der Waals surface area (Å²) in [7, 11) is 0. The maximum absolute atomic E-state index is 10.6. The molecule has 148 valence electrons. The number of aromatic carboxylic acids is 3. The molecule has 0 saturated carbocycles. The van der Waals surface area contributed by atoms with Gasteiger partial charge in [-0.15, -0.1) is 0 Å². The van der Waals surface area contributed by atoms with Crippen LogP contribution < -0.4 is 0 Å². The van der Waals surface area contributed by atoms with Crippen LogP contribution in [0.15, 0.2) is 66.7 Å². The standard InChI is InChI=1S/C12H10O2.C9H6O6/c13-11-7-3-1-5-9(11)10-6-2-4-8-12(10)14;10-7(11)4-1-2-5(8(12)13)6(3-4)9(14)15/h1-8,13-14H;1-3H,(H,10,11)(H,12,13)(H,14,15). The molecule has 0 aliphatic carbocycles. The third-order valence-electron chi connectivity index (χ3n) is 3.83. The third-order valence-corrected chi connectivity index (χ3v) is 3.83. The Kier molecular flexibility index (Phi) is 6.54. The van der Waals surface area contributed by atoms with E-state index >= 15 is 0 Å². The molecule has 0 fully saturated rings. The number of phenols is 2. The number of hydrogen-bond donors (Lipinski definition) is 5. The Hall–Kier alpha value is -4.33. The van der Waals surface area contributed by atoms with E-state index in [-0.39, 0.29) is 17.1 Å². The molecule has 8 heteroatoms. The van der Waals surface area contributed by atoms with Crippen LogP contribution in [0, 0.1) is 0 Å². The van der Waals surface area contributed by atoms with Gasteiger partial charge in [-0.3, -0.25) is 0 Å². The van der Waals surface area contributed by atoms with Gasteiger partial charge in [-0.25, -0.2) is 14.4 Å². The number of rotatable bonds is 4. The van der Waals surface area contributed by atoms with Crippen molar-refractivity contribution in [1.29, 1.82) is 0 Å². The quantitative estimate of drug-likeness (QED) is 0.449.